The summed E-state index contributed by atoms with van der Waals surface area (Å²) in [5.41, 5.74) is 2.64. The van der Waals surface area contributed by atoms with Crippen molar-refractivity contribution >= 4 is 5.69 Å². The number of hydrogen-bond donors (Lipinski definition) is 2. The van der Waals surface area contributed by atoms with Crippen LogP contribution in [0.4, 0.5) is 5.69 Å². The van der Waals surface area contributed by atoms with E-state index in [1.54, 1.807) is 0 Å². The fraction of sp³-hybridized carbons (Fsp3) is 0.625. The van der Waals surface area contributed by atoms with Gasteiger partial charge in [-0.05, 0) is 49.9 Å². The number of nitrogens with zero attached hydrogens (tertiary/aromatic N) is 1. The Kier molecular flexibility index (Phi) is 5.67. The van der Waals surface area contributed by atoms with Crippen LogP contribution in [0.5, 0.6) is 0 Å². The van der Waals surface area contributed by atoms with Crippen LogP contribution in [0.25, 0.3) is 0 Å². The van der Waals surface area contributed by atoms with Gasteiger partial charge in [0.05, 0.1) is 0 Å². The molecule has 0 aliphatic heterocycles. The van der Waals surface area contributed by atoms with E-state index in [1.807, 2.05) is 0 Å². The van der Waals surface area contributed by atoms with Gasteiger partial charge in [-0.15, -0.1) is 0 Å². The Hall–Kier alpha value is -1.06. The van der Waals surface area contributed by atoms with Crippen LogP contribution in [-0.4, -0.2) is 30.8 Å². The molecule has 0 unspecified atom stereocenters. The van der Waals surface area contributed by atoms with E-state index < -0.39 is 0 Å². The molecule has 2 N–H and O–H groups in total. The molecule has 0 bridgehead atoms. The number of hydrogen-bond acceptors (Lipinski definition) is 3. The molecule has 0 spiro atoms. The van der Waals surface area contributed by atoms with E-state index in [-0.39, 0.29) is 6.61 Å². The number of rotatable bonds is 8. The predicted octanol–water partition coefficient (Wildman–Crippen LogP) is 2.54. The summed E-state index contributed by atoms with van der Waals surface area (Å²) >= 11 is 0. The average Bonchev–Trinajstić information content (AvgIpc) is 2.39. The molecule has 1 aromatic carbocycles. The third kappa shape index (κ3) is 3.95. The van der Waals surface area contributed by atoms with Crippen molar-refractivity contribution in [3.8, 4) is 0 Å². The number of aliphatic hydroxyl groups excluding tert-OH is 1. The van der Waals surface area contributed by atoms with Crippen LogP contribution in [0.15, 0.2) is 24.3 Å². The SMILES string of the molecule is CCNCc1ccc(N(CCCO)C2CCC2)cc1. The van der Waals surface area contributed by atoms with E-state index in [9.17, 15) is 0 Å². The average molecular weight is 262 g/mol. The first kappa shape index (κ1) is 14.4. The van der Waals surface area contributed by atoms with Crippen molar-refractivity contribution in [3.63, 3.8) is 0 Å². The smallest absolute Gasteiger partial charge is 0.0447 e. The van der Waals surface area contributed by atoms with Crippen LogP contribution < -0.4 is 10.2 Å². The fourth-order valence-electron chi connectivity index (χ4n) is 2.54. The molecule has 1 aromatic rings. The minimum Gasteiger partial charge on any atom is -0.396 e. The number of benzene rings is 1. The molecule has 1 aliphatic carbocycles. The molecule has 19 heavy (non-hydrogen) atoms. The Labute approximate surface area is 116 Å². The summed E-state index contributed by atoms with van der Waals surface area (Å²) in [5, 5.41) is 12.4. The molecule has 0 aromatic heterocycles. The van der Waals surface area contributed by atoms with Gasteiger partial charge in [-0.25, -0.2) is 0 Å². The monoisotopic (exact) mass is 262 g/mol. The van der Waals surface area contributed by atoms with E-state index >= 15 is 0 Å². The van der Waals surface area contributed by atoms with Crippen molar-refractivity contribution in [1.82, 2.24) is 5.32 Å². The highest BCUT2D eigenvalue weighted by Gasteiger charge is 2.24. The summed E-state index contributed by atoms with van der Waals surface area (Å²) in [6.07, 6.45) is 4.80. The molecule has 0 heterocycles. The van der Waals surface area contributed by atoms with E-state index in [0.717, 1.165) is 26.1 Å². The molecule has 0 atom stereocenters. The normalized spacial score (nSPS) is 15.3. The van der Waals surface area contributed by atoms with Gasteiger partial charge in [-0.2, -0.15) is 0 Å². The highest BCUT2D eigenvalue weighted by Crippen LogP contribution is 2.29. The van der Waals surface area contributed by atoms with Gasteiger partial charge in [0.15, 0.2) is 0 Å². The molecule has 2 rings (SSSR count). The molecule has 1 saturated carbocycles. The first-order valence-electron chi connectivity index (χ1n) is 7.52. The summed E-state index contributed by atoms with van der Waals surface area (Å²) in [6, 6.07) is 9.56. The molecule has 0 amide bonds. The third-order valence-corrected chi connectivity index (χ3v) is 3.92. The zero-order valence-corrected chi connectivity index (χ0v) is 11.9. The second-order valence-corrected chi connectivity index (χ2v) is 5.30. The zero-order valence-electron chi connectivity index (χ0n) is 11.9. The lowest BCUT2D eigenvalue weighted by atomic mass is 9.91. The van der Waals surface area contributed by atoms with Gasteiger partial charge in [-0.1, -0.05) is 19.1 Å². The Bertz CT molecular complexity index is 360. The van der Waals surface area contributed by atoms with Crippen molar-refractivity contribution in [2.45, 2.75) is 45.2 Å². The van der Waals surface area contributed by atoms with E-state index in [4.69, 9.17) is 5.11 Å². The molecule has 3 heteroatoms. The zero-order chi connectivity index (χ0) is 13.5. The van der Waals surface area contributed by atoms with Crippen molar-refractivity contribution in [2.24, 2.45) is 0 Å². The topological polar surface area (TPSA) is 35.5 Å². The maximum absolute atomic E-state index is 9.04. The van der Waals surface area contributed by atoms with E-state index in [2.05, 4.69) is 41.4 Å². The lowest BCUT2D eigenvalue weighted by Crippen LogP contribution is -2.41. The van der Waals surface area contributed by atoms with Gasteiger partial charge in [-0.3, -0.25) is 0 Å². The standard InChI is InChI=1S/C16H26N2O/c1-2-17-13-14-7-9-16(10-8-14)18(11-4-12-19)15-5-3-6-15/h7-10,15,17,19H,2-6,11-13H2,1H3. The third-order valence-electron chi connectivity index (χ3n) is 3.92. The van der Waals surface area contributed by atoms with Crippen LogP contribution in [0.2, 0.25) is 0 Å². The minimum atomic E-state index is 0.279. The van der Waals surface area contributed by atoms with Gasteiger partial charge in [0.2, 0.25) is 0 Å². The van der Waals surface area contributed by atoms with Crippen molar-refractivity contribution in [3.05, 3.63) is 29.8 Å². The van der Waals surface area contributed by atoms with Gasteiger partial charge in [0.25, 0.3) is 0 Å². The lowest BCUT2D eigenvalue weighted by Gasteiger charge is -2.39. The van der Waals surface area contributed by atoms with E-state index in [0.29, 0.717) is 6.04 Å². The second-order valence-electron chi connectivity index (χ2n) is 5.30. The summed E-state index contributed by atoms with van der Waals surface area (Å²) in [6.45, 7) is 5.32. The van der Waals surface area contributed by atoms with Gasteiger partial charge in [0.1, 0.15) is 0 Å². The van der Waals surface area contributed by atoms with Crippen molar-refractivity contribution < 1.29 is 5.11 Å². The van der Waals surface area contributed by atoms with Crippen LogP contribution in [-0.2, 0) is 6.54 Å². The van der Waals surface area contributed by atoms with Gasteiger partial charge in [0, 0.05) is 31.4 Å². The number of anilines is 1. The molecule has 1 fully saturated rings. The fourth-order valence-corrected chi connectivity index (χ4v) is 2.54. The van der Waals surface area contributed by atoms with Crippen LogP contribution in [0, 0.1) is 0 Å². The largest absolute Gasteiger partial charge is 0.396 e. The summed E-state index contributed by atoms with van der Waals surface area (Å²) in [7, 11) is 0. The molecule has 0 saturated heterocycles. The Morgan fingerprint density at radius 3 is 2.53 bits per heavy atom. The summed E-state index contributed by atoms with van der Waals surface area (Å²) in [5.74, 6) is 0. The Balaban J connectivity index is 1.99. The molecule has 106 valence electrons. The van der Waals surface area contributed by atoms with Crippen molar-refractivity contribution in [2.75, 3.05) is 24.6 Å². The molecular formula is C16H26N2O. The number of aliphatic hydroxyl groups is 1. The second kappa shape index (κ2) is 7.51. The minimum absolute atomic E-state index is 0.279. The van der Waals surface area contributed by atoms with E-state index in [1.165, 1.54) is 30.5 Å². The molecular weight excluding hydrogens is 236 g/mol. The first-order valence-corrected chi connectivity index (χ1v) is 7.52. The molecule has 1 aliphatic rings. The quantitative estimate of drug-likeness (QED) is 0.756. The molecule has 0 radical (unpaired) electrons. The maximum atomic E-state index is 9.04. The Morgan fingerprint density at radius 2 is 2.00 bits per heavy atom. The van der Waals surface area contributed by atoms with Gasteiger partial charge < -0.3 is 15.3 Å². The van der Waals surface area contributed by atoms with Crippen molar-refractivity contribution in [1.29, 1.82) is 0 Å². The lowest BCUT2D eigenvalue weighted by molar-refractivity contribution is 0.283. The van der Waals surface area contributed by atoms with Crippen LogP contribution in [0.3, 0.4) is 0 Å². The van der Waals surface area contributed by atoms with Crippen LogP contribution in [0.1, 0.15) is 38.2 Å². The first-order chi connectivity index (χ1) is 9.35. The summed E-state index contributed by atoms with van der Waals surface area (Å²) < 4.78 is 0. The highest BCUT2D eigenvalue weighted by atomic mass is 16.3. The maximum Gasteiger partial charge on any atom is 0.0447 e. The highest BCUT2D eigenvalue weighted by molar-refractivity contribution is 5.49. The Morgan fingerprint density at radius 1 is 1.26 bits per heavy atom. The number of nitrogens with one attached hydrogen (secondary N) is 1. The predicted molar refractivity (Wildman–Crippen MR) is 80.5 cm³/mol. The summed E-state index contributed by atoms with van der Waals surface area (Å²) in [4.78, 5) is 2.47. The van der Waals surface area contributed by atoms with Crippen LogP contribution >= 0.6 is 0 Å². The van der Waals surface area contributed by atoms with Gasteiger partial charge >= 0.3 is 0 Å². The molecule has 3 nitrogen and oxygen atoms in total.